The van der Waals surface area contributed by atoms with Crippen LogP contribution in [0.25, 0.3) is 0 Å². The molecule has 0 rings (SSSR count). The molecule has 0 atom stereocenters. The summed E-state index contributed by atoms with van der Waals surface area (Å²) in [4.78, 5) is 0. The first kappa shape index (κ1) is 16.3. The van der Waals surface area contributed by atoms with Gasteiger partial charge in [0.15, 0.2) is 0 Å². The maximum atomic E-state index is 8.82. The minimum atomic E-state index is -5.25. The fourth-order valence-electron chi connectivity index (χ4n) is 0. The molecule has 0 unspecified atom stereocenters. The SMILES string of the molecule is [H-].[K+].[O]=[Cr](=[O])([OH])[OH].[PbH2]. The van der Waals surface area contributed by atoms with Crippen LogP contribution in [0.4, 0.5) is 0 Å². The maximum absolute atomic E-state index is 8.82. The molecule has 0 spiro atoms. The number of hydrogen-bond donors (Lipinski definition) is 2. The fraction of sp³-hybridized carbons (Fsp3) is 0. The molecule has 0 saturated carbocycles. The van der Waals surface area contributed by atoms with E-state index in [1.165, 1.54) is 0 Å². The zero-order valence-electron chi connectivity index (χ0n) is 4.83. The average Bonchev–Trinajstić information content (AvgIpc) is 0.722. The van der Waals surface area contributed by atoms with E-state index in [-0.39, 0.29) is 80.1 Å². The van der Waals surface area contributed by atoms with Gasteiger partial charge in [0.25, 0.3) is 0 Å². The van der Waals surface area contributed by atoms with Crippen LogP contribution >= 0.6 is 0 Å². The second-order valence-electron chi connectivity index (χ2n) is 0.448. The van der Waals surface area contributed by atoms with Gasteiger partial charge in [0.05, 0.1) is 0 Å². The van der Waals surface area contributed by atoms with Gasteiger partial charge in [-0.25, -0.2) is 0 Å². The average molecular weight is 367 g/mol. The van der Waals surface area contributed by atoms with Crippen molar-refractivity contribution in [1.29, 1.82) is 0 Å². The Morgan fingerprint density at radius 3 is 1.29 bits per heavy atom. The molecule has 0 saturated heterocycles. The van der Waals surface area contributed by atoms with Gasteiger partial charge in [0.2, 0.25) is 0 Å². The molecule has 7 heavy (non-hydrogen) atoms. The topological polar surface area (TPSA) is 74.6 Å². The summed E-state index contributed by atoms with van der Waals surface area (Å²) in [5, 5.41) is 0. The van der Waals surface area contributed by atoms with Crippen LogP contribution in [-0.2, 0) is 21.2 Å². The molecule has 7 heteroatoms. The third-order valence-corrected chi connectivity index (χ3v) is 0. The van der Waals surface area contributed by atoms with Gasteiger partial charge in [-0.2, -0.15) is 0 Å². The van der Waals surface area contributed by atoms with E-state index in [1.54, 1.807) is 0 Å². The summed E-state index contributed by atoms with van der Waals surface area (Å²) in [5.74, 6) is 0. The van der Waals surface area contributed by atoms with E-state index in [9.17, 15) is 0 Å². The Hall–Kier alpha value is 2.61. The van der Waals surface area contributed by atoms with Gasteiger partial charge in [-0.1, -0.05) is 0 Å². The van der Waals surface area contributed by atoms with Crippen LogP contribution in [0, 0.1) is 0 Å². The first-order chi connectivity index (χ1) is 2.00. The normalized spacial score (nSPS) is 8.29. The van der Waals surface area contributed by atoms with Gasteiger partial charge in [0.1, 0.15) is 0 Å². The monoisotopic (exact) mass is 368 g/mol. The van der Waals surface area contributed by atoms with Crippen molar-refractivity contribution in [2.24, 2.45) is 0 Å². The van der Waals surface area contributed by atoms with Crippen molar-refractivity contribution in [3.8, 4) is 0 Å². The predicted molar refractivity (Wildman–Crippen MR) is 15.5 cm³/mol. The van der Waals surface area contributed by atoms with Crippen molar-refractivity contribution in [1.82, 2.24) is 0 Å². The van der Waals surface area contributed by atoms with Crippen LogP contribution < -0.4 is 51.4 Å². The van der Waals surface area contributed by atoms with E-state index in [0.717, 1.165) is 0 Å². The molecule has 0 aliphatic rings. The summed E-state index contributed by atoms with van der Waals surface area (Å²) in [6.07, 6.45) is 0. The van der Waals surface area contributed by atoms with E-state index >= 15 is 0 Å². The minimum absolute atomic E-state index is 0. The van der Waals surface area contributed by atoms with Crippen LogP contribution in [0.2, 0.25) is 0 Å². The summed E-state index contributed by atoms with van der Waals surface area (Å²) in [5.41, 5.74) is 0. The van der Waals surface area contributed by atoms with Crippen LogP contribution in [0.3, 0.4) is 0 Å². The molecule has 0 bridgehead atoms. The molecule has 0 fully saturated rings. The van der Waals surface area contributed by atoms with Gasteiger partial charge in [-0.15, -0.1) is 0 Å². The van der Waals surface area contributed by atoms with Gasteiger partial charge in [-0.05, 0) is 0 Å². The third-order valence-electron chi connectivity index (χ3n) is 0. The quantitative estimate of drug-likeness (QED) is 0.420. The molecule has 0 amide bonds. The van der Waals surface area contributed by atoms with Crippen molar-refractivity contribution in [2.45, 2.75) is 0 Å². The summed E-state index contributed by atoms with van der Waals surface area (Å²) in [6.45, 7) is 0. The van der Waals surface area contributed by atoms with Gasteiger partial charge in [0, 0.05) is 0 Å². The molecule has 40 valence electrons. The molecule has 0 heterocycles. The number of rotatable bonds is 0. The second kappa shape index (κ2) is 6.73. The molecule has 4 nitrogen and oxygen atoms in total. The molecule has 0 aromatic heterocycles. The summed E-state index contributed by atoms with van der Waals surface area (Å²) >= 11 is -5.25. The van der Waals surface area contributed by atoms with Crippen LogP contribution in [-0.4, -0.2) is 35.6 Å². The summed E-state index contributed by atoms with van der Waals surface area (Å²) < 4.78 is 31.9. The first-order valence-corrected chi connectivity index (χ1v) is 2.88. The molecule has 0 aromatic carbocycles. The third kappa shape index (κ3) is 55.2. The number of hydrogen-bond acceptors (Lipinski definition) is 2. The van der Waals surface area contributed by atoms with Crippen molar-refractivity contribution in [3.05, 3.63) is 0 Å². The first-order valence-electron chi connectivity index (χ1n) is 0.698. The Morgan fingerprint density at radius 2 is 1.29 bits per heavy atom. The van der Waals surface area contributed by atoms with Gasteiger partial charge in [-0.3, -0.25) is 0 Å². The van der Waals surface area contributed by atoms with Crippen molar-refractivity contribution in [2.75, 3.05) is 0 Å². The van der Waals surface area contributed by atoms with Crippen LogP contribution in [0.15, 0.2) is 0 Å². The van der Waals surface area contributed by atoms with Gasteiger partial charge >= 0.3 is 108 Å². The molecule has 2 radical (unpaired) electrons. The van der Waals surface area contributed by atoms with Crippen LogP contribution in [0.1, 0.15) is 1.43 Å². The van der Waals surface area contributed by atoms with E-state index in [1.807, 2.05) is 0 Å². The van der Waals surface area contributed by atoms with Crippen molar-refractivity contribution < 1.29 is 82.3 Å². The fourth-order valence-corrected chi connectivity index (χ4v) is 0. The molecular formula is H5CrKO4Pb. The van der Waals surface area contributed by atoms with Gasteiger partial charge < -0.3 is 1.43 Å². The Morgan fingerprint density at radius 1 is 1.29 bits per heavy atom. The summed E-state index contributed by atoms with van der Waals surface area (Å²) in [7, 11) is 0. The Balaban J connectivity index is -0.0000000267. The Labute approximate surface area is 107 Å². The summed E-state index contributed by atoms with van der Waals surface area (Å²) in [6, 6.07) is 0. The van der Waals surface area contributed by atoms with E-state index in [4.69, 9.17) is 15.9 Å². The molecule has 0 aliphatic carbocycles. The van der Waals surface area contributed by atoms with Crippen LogP contribution in [0.5, 0.6) is 0 Å². The molecular weight excluding hydrogens is 362 g/mol. The molecule has 2 N–H and O–H groups in total. The zero-order valence-corrected chi connectivity index (χ0v) is 13.7. The predicted octanol–water partition coefficient (Wildman–Crippen LogP) is -5.15. The van der Waals surface area contributed by atoms with Crippen molar-refractivity contribution in [3.63, 3.8) is 0 Å². The molecule has 0 aromatic rings. The molecule has 0 aliphatic heterocycles. The zero-order chi connectivity index (χ0) is 4.50. The Bertz CT molecular complexity index is 99.2. The Kier molecular flexibility index (Phi) is 15.7. The van der Waals surface area contributed by atoms with E-state index in [2.05, 4.69) is 0 Å². The van der Waals surface area contributed by atoms with Crippen molar-refractivity contribution >= 4 is 27.3 Å². The second-order valence-corrected chi connectivity index (χ2v) is 1.85. The van der Waals surface area contributed by atoms with E-state index in [0.29, 0.717) is 0 Å². The standard InChI is InChI=1S/Cr.K.2H2O.2O.Pb.3H/h;;2*1H2;;;;;;/q+2;+1;;;;;;;;-1/p-2. The van der Waals surface area contributed by atoms with E-state index < -0.39 is 13.6 Å².